The maximum Gasteiger partial charge on any atom is 0.187 e. The van der Waals surface area contributed by atoms with Gasteiger partial charge in [-0.25, -0.2) is 8.42 Å². The molecule has 2 atom stereocenters. The molecule has 0 unspecified atom stereocenters. The van der Waals surface area contributed by atoms with Gasteiger partial charge in [-0.1, -0.05) is 32.0 Å². The van der Waals surface area contributed by atoms with E-state index in [9.17, 15) is 8.42 Å². The van der Waals surface area contributed by atoms with Gasteiger partial charge in [-0.15, -0.1) is 0 Å². The predicted octanol–water partition coefficient (Wildman–Crippen LogP) is 3.11. The van der Waals surface area contributed by atoms with Crippen LogP contribution in [0, 0.1) is 5.41 Å². The molecule has 1 aliphatic carbocycles. The van der Waals surface area contributed by atoms with Gasteiger partial charge in [-0.05, 0) is 32.4 Å². The van der Waals surface area contributed by atoms with Crippen molar-refractivity contribution in [2.45, 2.75) is 50.3 Å². The Balaban J connectivity index is 2.41. The van der Waals surface area contributed by atoms with Crippen molar-refractivity contribution in [3.8, 4) is 0 Å². The second kappa shape index (κ2) is 5.40. The molecule has 0 bridgehead atoms. The van der Waals surface area contributed by atoms with Crippen LogP contribution in [0.1, 0.15) is 34.1 Å². The van der Waals surface area contributed by atoms with Crippen LogP contribution in [0.5, 0.6) is 0 Å². The van der Waals surface area contributed by atoms with Gasteiger partial charge in [-0.3, -0.25) is 0 Å². The molecule has 0 N–H and O–H groups in total. The van der Waals surface area contributed by atoms with Crippen molar-refractivity contribution in [2.24, 2.45) is 5.41 Å². The van der Waals surface area contributed by atoms with Crippen molar-refractivity contribution >= 4 is 9.84 Å². The third kappa shape index (κ3) is 2.64. The Morgan fingerprint density at radius 1 is 1.14 bits per heavy atom. The van der Waals surface area contributed by atoms with Crippen molar-refractivity contribution in [1.82, 2.24) is 0 Å². The van der Waals surface area contributed by atoms with Gasteiger partial charge in [0.2, 0.25) is 0 Å². The van der Waals surface area contributed by atoms with Crippen LogP contribution < -0.4 is 0 Å². The highest BCUT2D eigenvalue weighted by Crippen LogP contribution is 2.50. The van der Waals surface area contributed by atoms with Crippen LogP contribution in [0.4, 0.5) is 0 Å². The van der Waals surface area contributed by atoms with Gasteiger partial charge in [0.05, 0.1) is 25.0 Å². The zero-order valence-electron chi connectivity index (χ0n) is 13.8. The first-order valence-electron chi connectivity index (χ1n) is 7.82. The minimum atomic E-state index is -3.24. The number of benzene rings is 1. The molecular formula is C17H28NO2S+. The third-order valence-electron chi connectivity index (χ3n) is 5.47. The first-order chi connectivity index (χ1) is 9.69. The van der Waals surface area contributed by atoms with Crippen molar-refractivity contribution in [3.63, 3.8) is 0 Å². The molecule has 0 aliphatic heterocycles. The van der Waals surface area contributed by atoms with Crippen LogP contribution >= 0.6 is 0 Å². The molecule has 21 heavy (non-hydrogen) atoms. The highest BCUT2D eigenvalue weighted by molar-refractivity contribution is 7.92. The third-order valence-corrected chi connectivity index (χ3v) is 7.62. The van der Waals surface area contributed by atoms with E-state index < -0.39 is 9.84 Å². The molecule has 1 saturated carbocycles. The van der Waals surface area contributed by atoms with Gasteiger partial charge in [-0.2, -0.15) is 0 Å². The minimum absolute atomic E-state index is 0.0767. The average molecular weight is 310 g/mol. The van der Waals surface area contributed by atoms with E-state index in [1.54, 1.807) is 24.3 Å². The highest BCUT2D eigenvalue weighted by atomic mass is 32.2. The summed E-state index contributed by atoms with van der Waals surface area (Å²) in [6, 6.07) is 9.08. The van der Waals surface area contributed by atoms with Crippen molar-refractivity contribution in [1.29, 1.82) is 0 Å². The molecule has 0 aromatic heterocycles. The lowest BCUT2D eigenvalue weighted by Gasteiger charge is -2.58. The molecule has 1 fully saturated rings. The van der Waals surface area contributed by atoms with Gasteiger partial charge in [0.25, 0.3) is 0 Å². The van der Waals surface area contributed by atoms with Gasteiger partial charge >= 0.3 is 0 Å². The normalized spacial score (nSPS) is 25.4. The van der Waals surface area contributed by atoms with E-state index in [-0.39, 0.29) is 16.7 Å². The number of hydrogen-bond donors (Lipinski definition) is 0. The Hall–Kier alpha value is -0.870. The second-order valence-corrected chi connectivity index (χ2v) is 9.31. The maximum absolute atomic E-state index is 13.0. The molecule has 0 amide bonds. The maximum atomic E-state index is 13.0. The topological polar surface area (TPSA) is 34.1 Å². The Morgan fingerprint density at radius 2 is 1.67 bits per heavy atom. The van der Waals surface area contributed by atoms with Gasteiger partial charge in [0.15, 0.2) is 9.84 Å². The molecule has 1 aromatic rings. The summed E-state index contributed by atoms with van der Waals surface area (Å²) in [4.78, 5) is 0.467. The summed E-state index contributed by atoms with van der Waals surface area (Å²) in [5.41, 5.74) is 0.0767. The zero-order valence-corrected chi connectivity index (χ0v) is 14.7. The monoisotopic (exact) mass is 310 g/mol. The quantitative estimate of drug-likeness (QED) is 0.783. The van der Waals surface area contributed by atoms with Crippen LogP contribution in [0.25, 0.3) is 0 Å². The number of sulfone groups is 1. The zero-order chi connectivity index (χ0) is 15.9. The van der Waals surface area contributed by atoms with Crippen molar-refractivity contribution in [2.75, 3.05) is 20.1 Å². The van der Waals surface area contributed by atoms with Crippen LogP contribution in [0.2, 0.25) is 0 Å². The van der Waals surface area contributed by atoms with E-state index >= 15 is 0 Å². The summed E-state index contributed by atoms with van der Waals surface area (Å²) in [7, 11) is -1.05. The summed E-state index contributed by atoms with van der Waals surface area (Å²) in [5.74, 6) is 0. The molecule has 1 aliphatic rings. The Bertz CT molecular complexity index is 588. The van der Waals surface area contributed by atoms with Gasteiger partial charge < -0.3 is 4.48 Å². The molecule has 1 aromatic carbocycles. The summed E-state index contributed by atoms with van der Waals surface area (Å²) >= 11 is 0. The minimum Gasteiger partial charge on any atom is -0.323 e. The van der Waals surface area contributed by atoms with E-state index in [0.717, 1.165) is 24.0 Å². The second-order valence-electron chi connectivity index (χ2n) is 7.15. The number of hydrogen-bond acceptors (Lipinski definition) is 2. The number of nitrogens with zero attached hydrogens (tertiary/aromatic N) is 1. The highest BCUT2D eigenvalue weighted by Gasteiger charge is 2.61. The fourth-order valence-electron chi connectivity index (χ4n) is 4.02. The lowest BCUT2D eigenvalue weighted by atomic mass is 9.65. The summed E-state index contributed by atoms with van der Waals surface area (Å²) in [6.45, 7) is 10.7. The summed E-state index contributed by atoms with van der Waals surface area (Å²) in [6.07, 6.45) is 0.753. The predicted molar refractivity (Wildman–Crippen MR) is 86.9 cm³/mol. The van der Waals surface area contributed by atoms with Gasteiger partial charge in [0, 0.05) is 5.41 Å². The number of quaternary nitrogens is 1. The molecule has 0 spiro atoms. The fourth-order valence-corrected chi connectivity index (χ4v) is 6.56. The van der Waals surface area contributed by atoms with E-state index in [1.807, 2.05) is 6.07 Å². The average Bonchev–Trinajstić information content (AvgIpc) is 2.45. The molecule has 0 heterocycles. The summed E-state index contributed by atoms with van der Waals surface area (Å²) < 4.78 is 26.8. The first kappa shape index (κ1) is 16.5. The summed E-state index contributed by atoms with van der Waals surface area (Å²) in [5, 5.41) is -0.264. The van der Waals surface area contributed by atoms with E-state index in [0.29, 0.717) is 4.90 Å². The van der Waals surface area contributed by atoms with Crippen LogP contribution in [-0.4, -0.2) is 44.3 Å². The Kier molecular flexibility index (Phi) is 4.24. The van der Waals surface area contributed by atoms with Gasteiger partial charge in [0.1, 0.15) is 11.3 Å². The van der Waals surface area contributed by atoms with Crippen molar-refractivity contribution < 1.29 is 12.9 Å². The molecular weight excluding hydrogens is 282 g/mol. The molecule has 2 rings (SSSR count). The molecule has 0 saturated heterocycles. The van der Waals surface area contributed by atoms with Crippen LogP contribution in [0.3, 0.4) is 0 Å². The first-order valence-corrected chi connectivity index (χ1v) is 9.37. The molecule has 0 radical (unpaired) electrons. The van der Waals surface area contributed by atoms with Crippen LogP contribution in [-0.2, 0) is 9.84 Å². The molecule has 4 heteroatoms. The van der Waals surface area contributed by atoms with Crippen LogP contribution in [0.15, 0.2) is 35.2 Å². The van der Waals surface area contributed by atoms with E-state index in [2.05, 4.69) is 34.7 Å². The Morgan fingerprint density at radius 3 is 2.10 bits per heavy atom. The van der Waals surface area contributed by atoms with E-state index in [4.69, 9.17) is 0 Å². The smallest absolute Gasteiger partial charge is 0.187 e. The van der Waals surface area contributed by atoms with Crippen molar-refractivity contribution in [3.05, 3.63) is 30.3 Å². The molecule has 118 valence electrons. The standard InChI is InChI=1S/C17H28NO2S/c1-6-18(5,7-2)16-15(13-17(16,3)4)21(19,20)14-11-9-8-10-12-14/h8-12,15-16H,6-7,13H2,1-5H3/q+1/t15-,16+/m1/s1. The lowest BCUT2D eigenvalue weighted by Crippen LogP contribution is -2.71. The van der Waals surface area contributed by atoms with E-state index in [1.165, 1.54) is 0 Å². The lowest BCUT2D eigenvalue weighted by molar-refractivity contribution is -0.943. The SMILES string of the molecule is CC[N+](C)(CC)[C@H]1[C@H](S(=O)(=O)c2ccccc2)CC1(C)C. The fraction of sp³-hybridized carbons (Fsp3) is 0.647. The largest absolute Gasteiger partial charge is 0.323 e. The molecule has 3 nitrogen and oxygen atoms in total. The Labute approximate surface area is 129 Å². The number of rotatable bonds is 5.